The molecule has 15 heavy (non-hydrogen) atoms. The van der Waals surface area contributed by atoms with Crippen LogP contribution < -0.4 is 10.1 Å². The highest BCUT2D eigenvalue weighted by molar-refractivity contribution is 5.59. The van der Waals surface area contributed by atoms with Gasteiger partial charge in [-0.2, -0.15) is 0 Å². The fourth-order valence-electron chi connectivity index (χ4n) is 1.71. The van der Waals surface area contributed by atoms with E-state index in [0.717, 1.165) is 17.7 Å². The van der Waals surface area contributed by atoms with E-state index in [1.807, 2.05) is 6.92 Å². The molecule has 1 aliphatic rings. The van der Waals surface area contributed by atoms with E-state index in [9.17, 15) is 13.2 Å². The molecular weight excluding hydrogens is 207 g/mol. The first-order valence-electron chi connectivity index (χ1n) is 4.59. The highest BCUT2D eigenvalue weighted by Gasteiger charge is 2.31. The summed E-state index contributed by atoms with van der Waals surface area (Å²) in [4.78, 5) is 0. The van der Waals surface area contributed by atoms with E-state index < -0.39 is 6.36 Å². The van der Waals surface area contributed by atoms with Crippen LogP contribution in [-0.4, -0.2) is 12.4 Å². The van der Waals surface area contributed by atoms with Crippen molar-refractivity contribution in [3.8, 4) is 5.75 Å². The highest BCUT2D eigenvalue weighted by Crippen LogP contribution is 2.31. The molecule has 0 radical (unpaired) electrons. The lowest BCUT2D eigenvalue weighted by atomic mass is 10.1. The zero-order valence-electron chi connectivity index (χ0n) is 8.06. The Bertz CT molecular complexity index is 375. The van der Waals surface area contributed by atoms with Gasteiger partial charge in [-0.15, -0.1) is 13.2 Å². The molecule has 0 spiro atoms. The lowest BCUT2D eigenvalue weighted by Gasteiger charge is -2.10. The minimum Gasteiger partial charge on any atom is -0.406 e. The molecule has 2 nitrogen and oxygen atoms in total. The normalized spacial score (nSPS) is 19.6. The molecule has 1 heterocycles. The Morgan fingerprint density at radius 3 is 2.80 bits per heavy atom. The van der Waals surface area contributed by atoms with E-state index in [4.69, 9.17) is 0 Å². The second-order valence-electron chi connectivity index (χ2n) is 3.62. The van der Waals surface area contributed by atoms with E-state index >= 15 is 0 Å². The first-order chi connectivity index (χ1) is 6.94. The molecule has 1 unspecified atom stereocenters. The second-order valence-corrected chi connectivity index (χ2v) is 3.62. The highest BCUT2D eigenvalue weighted by atomic mass is 19.4. The molecule has 0 bridgehead atoms. The van der Waals surface area contributed by atoms with Gasteiger partial charge in [0.2, 0.25) is 0 Å². The van der Waals surface area contributed by atoms with Gasteiger partial charge in [0.1, 0.15) is 5.75 Å². The summed E-state index contributed by atoms with van der Waals surface area (Å²) < 4.78 is 39.6. The van der Waals surface area contributed by atoms with Crippen molar-refractivity contribution in [1.82, 2.24) is 0 Å². The summed E-state index contributed by atoms with van der Waals surface area (Å²) in [6.07, 6.45) is -3.79. The minimum atomic E-state index is -4.63. The average Bonchev–Trinajstić information content (AvgIpc) is 2.40. The Morgan fingerprint density at radius 1 is 1.40 bits per heavy atom. The largest absolute Gasteiger partial charge is 0.573 e. The van der Waals surface area contributed by atoms with Crippen LogP contribution in [0.2, 0.25) is 0 Å². The number of nitrogens with one attached hydrogen (secondary N) is 1. The van der Waals surface area contributed by atoms with Gasteiger partial charge in [-0.25, -0.2) is 0 Å². The van der Waals surface area contributed by atoms with Gasteiger partial charge in [0.05, 0.1) is 0 Å². The molecule has 82 valence electrons. The standard InChI is InChI=1S/C10H10F3NO/c1-6-4-7-2-3-8(5-9(7)14-6)15-10(11,12)13/h2-3,5-6,14H,4H2,1H3. The SMILES string of the molecule is CC1Cc2ccc(OC(F)(F)F)cc2N1. The Morgan fingerprint density at radius 2 is 2.13 bits per heavy atom. The zero-order chi connectivity index (χ0) is 11.1. The molecule has 0 amide bonds. The molecule has 0 aliphatic carbocycles. The van der Waals surface area contributed by atoms with Crippen LogP contribution in [0.4, 0.5) is 18.9 Å². The number of hydrogen-bond donors (Lipinski definition) is 1. The molecule has 0 saturated carbocycles. The average molecular weight is 217 g/mol. The third-order valence-corrected chi connectivity index (χ3v) is 2.24. The van der Waals surface area contributed by atoms with Crippen molar-refractivity contribution >= 4 is 5.69 Å². The van der Waals surface area contributed by atoms with Crippen molar-refractivity contribution < 1.29 is 17.9 Å². The summed E-state index contributed by atoms with van der Waals surface area (Å²) in [6, 6.07) is 4.65. The van der Waals surface area contributed by atoms with Crippen LogP contribution in [0.15, 0.2) is 18.2 Å². The smallest absolute Gasteiger partial charge is 0.406 e. The topological polar surface area (TPSA) is 21.3 Å². The summed E-state index contributed by atoms with van der Waals surface area (Å²) in [7, 11) is 0. The van der Waals surface area contributed by atoms with E-state index in [2.05, 4.69) is 10.1 Å². The second kappa shape index (κ2) is 3.32. The molecule has 0 aromatic heterocycles. The number of alkyl halides is 3. The monoisotopic (exact) mass is 217 g/mol. The number of anilines is 1. The van der Waals surface area contributed by atoms with Crippen molar-refractivity contribution in [2.75, 3.05) is 5.32 Å². The predicted molar refractivity (Wildman–Crippen MR) is 49.9 cm³/mol. The molecule has 5 heteroatoms. The number of halogens is 3. The van der Waals surface area contributed by atoms with Crippen LogP contribution >= 0.6 is 0 Å². The first-order valence-corrected chi connectivity index (χ1v) is 4.59. The summed E-state index contributed by atoms with van der Waals surface area (Å²) >= 11 is 0. The van der Waals surface area contributed by atoms with Gasteiger partial charge in [-0.05, 0) is 25.0 Å². The quantitative estimate of drug-likeness (QED) is 0.780. The maximum Gasteiger partial charge on any atom is 0.573 e. The third kappa shape index (κ3) is 2.34. The Balaban J connectivity index is 2.20. The van der Waals surface area contributed by atoms with Gasteiger partial charge in [-0.1, -0.05) is 6.07 Å². The molecule has 1 N–H and O–H groups in total. The molecule has 1 atom stereocenters. The van der Waals surface area contributed by atoms with E-state index in [-0.39, 0.29) is 11.8 Å². The number of hydrogen-bond acceptors (Lipinski definition) is 2. The number of fused-ring (bicyclic) bond motifs is 1. The summed E-state index contributed by atoms with van der Waals surface area (Å²) in [5.41, 5.74) is 1.75. The van der Waals surface area contributed by atoms with E-state index in [1.54, 1.807) is 6.07 Å². The van der Waals surface area contributed by atoms with Gasteiger partial charge in [0.25, 0.3) is 0 Å². The molecular formula is C10H10F3NO. The van der Waals surface area contributed by atoms with Crippen LogP contribution in [0, 0.1) is 0 Å². The molecule has 0 fully saturated rings. The number of rotatable bonds is 1. The Labute approximate surface area is 85.0 Å². The maximum atomic E-state index is 11.9. The molecule has 2 rings (SSSR count). The van der Waals surface area contributed by atoms with Crippen molar-refractivity contribution in [2.45, 2.75) is 25.7 Å². The lowest BCUT2D eigenvalue weighted by Crippen LogP contribution is -2.17. The zero-order valence-corrected chi connectivity index (χ0v) is 8.06. The Hall–Kier alpha value is -1.39. The lowest BCUT2D eigenvalue weighted by molar-refractivity contribution is -0.274. The van der Waals surface area contributed by atoms with Gasteiger partial charge in [0, 0.05) is 17.8 Å². The molecule has 1 aliphatic heterocycles. The van der Waals surface area contributed by atoms with Crippen molar-refractivity contribution in [2.24, 2.45) is 0 Å². The summed E-state index contributed by atoms with van der Waals surface area (Å²) in [5.74, 6) is -0.178. The number of benzene rings is 1. The fraction of sp³-hybridized carbons (Fsp3) is 0.400. The van der Waals surface area contributed by atoms with Gasteiger partial charge in [0.15, 0.2) is 0 Å². The summed E-state index contributed by atoms with van der Waals surface area (Å²) in [5, 5.41) is 3.08. The van der Waals surface area contributed by atoms with E-state index in [0.29, 0.717) is 0 Å². The molecule has 1 aromatic carbocycles. The Kier molecular flexibility index (Phi) is 2.25. The molecule has 0 saturated heterocycles. The van der Waals surface area contributed by atoms with E-state index in [1.165, 1.54) is 12.1 Å². The fourth-order valence-corrected chi connectivity index (χ4v) is 1.71. The molecule has 1 aromatic rings. The predicted octanol–water partition coefficient (Wildman–Crippen LogP) is 2.94. The summed E-state index contributed by atoms with van der Waals surface area (Å²) in [6.45, 7) is 1.98. The van der Waals surface area contributed by atoms with Crippen LogP contribution in [0.25, 0.3) is 0 Å². The van der Waals surface area contributed by atoms with Crippen molar-refractivity contribution in [3.05, 3.63) is 23.8 Å². The van der Waals surface area contributed by atoms with Crippen LogP contribution in [-0.2, 0) is 6.42 Å². The van der Waals surface area contributed by atoms with Crippen molar-refractivity contribution in [1.29, 1.82) is 0 Å². The van der Waals surface area contributed by atoms with Crippen molar-refractivity contribution in [3.63, 3.8) is 0 Å². The van der Waals surface area contributed by atoms with Gasteiger partial charge in [-0.3, -0.25) is 0 Å². The maximum absolute atomic E-state index is 11.9. The first kappa shape index (κ1) is 10.1. The van der Waals surface area contributed by atoms with Crippen LogP contribution in [0.1, 0.15) is 12.5 Å². The minimum absolute atomic E-state index is 0.178. The van der Waals surface area contributed by atoms with Crippen LogP contribution in [0.5, 0.6) is 5.75 Å². The number of ether oxygens (including phenoxy) is 1. The van der Waals surface area contributed by atoms with Gasteiger partial charge >= 0.3 is 6.36 Å². The third-order valence-electron chi connectivity index (χ3n) is 2.24. The van der Waals surface area contributed by atoms with Crippen LogP contribution in [0.3, 0.4) is 0 Å². The van der Waals surface area contributed by atoms with Gasteiger partial charge < -0.3 is 10.1 Å².